The fourth-order valence-corrected chi connectivity index (χ4v) is 10.3. The number of halogens is 21. The molecular weight excluding hydrogens is 1380 g/mol. The van der Waals surface area contributed by atoms with Gasteiger partial charge in [-0.05, 0) is 157 Å². The van der Waals surface area contributed by atoms with Crippen LogP contribution in [-0.4, -0.2) is 59.4 Å². The number of ether oxygens (including phenoxy) is 4. The summed E-state index contributed by atoms with van der Waals surface area (Å²) >= 11 is 4.95. The number of alkyl halides is 14. The van der Waals surface area contributed by atoms with Crippen LogP contribution < -0.4 is 29.0 Å². The highest BCUT2D eigenvalue weighted by molar-refractivity contribution is 7.84. The quantitative estimate of drug-likeness (QED) is 0.0544. The molecule has 0 bridgehead atoms. The third kappa shape index (κ3) is 19.7. The molecule has 8 aromatic rings. The van der Waals surface area contributed by atoms with E-state index in [1.165, 1.54) is 31.4 Å². The second-order valence-electron chi connectivity index (χ2n) is 21.7. The van der Waals surface area contributed by atoms with Crippen LogP contribution in [0.4, 0.5) is 87.8 Å². The molecule has 1 amide bonds. The lowest BCUT2D eigenvalue weighted by molar-refractivity contribution is -0.253. The average Bonchev–Trinajstić information content (AvgIpc) is 0.759. The zero-order valence-electron chi connectivity index (χ0n) is 50.4. The van der Waals surface area contributed by atoms with Gasteiger partial charge in [-0.2, -0.15) is 61.5 Å². The van der Waals surface area contributed by atoms with Crippen LogP contribution in [0.15, 0.2) is 170 Å². The van der Waals surface area contributed by atoms with Gasteiger partial charge in [0.1, 0.15) is 34.8 Å². The van der Waals surface area contributed by atoms with E-state index in [9.17, 15) is 97.2 Å². The van der Waals surface area contributed by atoms with Crippen molar-refractivity contribution in [3.05, 3.63) is 260 Å². The summed E-state index contributed by atoms with van der Waals surface area (Å²) in [6.45, 7) is 5.04. The van der Waals surface area contributed by atoms with Gasteiger partial charge in [-0.25, -0.2) is 35.3 Å². The Hall–Kier alpha value is -8.90. The highest BCUT2D eigenvalue weighted by Gasteiger charge is 2.47. The molecule has 0 fully saturated rings. The predicted octanol–water partition coefficient (Wildman–Crippen LogP) is 18.3. The second kappa shape index (κ2) is 31.1. The van der Waals surface area contributed by atoms with E-state index in [1.54, 1.807) is 69.3 Å². The number of hydrogen-bond acceptors (Lipinski definition) is 7. The van der Waals surface area contributed by atoms with Crippen molar-refractivity contribution in [2.24, 2.45) is 0 Å². The Kier molecular flexibility index (Phi) is 24.7. The SMILES string of the molecule is COc1cc([C@@](Cc2ccccc2)(NC(=O)c2ccc(F)c(C(F)(F)F)c2)c2cc(F)cc(OC(F)(F)C(F)F)c2)ccc1F.COc1cc([C@@](Cc2ccccc2)(N[S@](=O)C(C)(C)C)c2cc(F)cc(OC(F)(F)C(F)F)c2)ccc1F.O=C(Cl)c1ccc(F)c(C(F)(F)F)c1. The minimum atomic E-state index is -5.20. The van der Waals surface area contributed by atoms with Gasteiger partial charge < -0.3 is 24.3 Å². The summed E-state index contributed by atoms with van der Waals surface area (Å²) in [5.74, 6) is -10.9. The van der Waals surface area contributed by atoms with Gasteiger partial charge in [-0.15, -0.1) is 0 Å². The van der Waals surface area contributed by atoms with Crippen LogP contribution in [0.2, 0.25) is 0 Å². The molecule has 0 unspecified atom stereocenters. The Balaban J connectivity index is 0.000000258. The lowest BCUT2D eigenvalue weighted by Gasteiger charge is -2.38. The molecule has 3 atom stereocenters. The lowest BCUT2D eigenvalue weighted by Crippen LogP contribution is -2.50. The number of carbonyl (C=O) groups excluding carboxylic acids is 2. The van der Waals surface area contributed by atoms with Crippen molar-refractivity contribution in [1.82, 2.24) is 10.0 Å². The van der Waals surface area contributed by atoms with Crippen LogP contribution in [0.3, 0.4) is 0 Å². The number of rotatable bonds is 21. The number of nitrogens with one attached hydrogen (secondary N) is 2. The Bertz CT molecular complexity index is 4090. The van der Waals surface area contributed by atoms with E-state index in [-0.39, 0.29) is 40.5 Å². The molecule has 0 aliphatic heterocycles. The van der Waals surface area contributed by atoms with Crippen molar-refractivity contribution in [2.75, 3.05) is 14.2 Å². The van der Waals surface area contributed by atoms with Gasteiger partial charge in [0.05, 0.1) is 52.2 Å². The maximum atomic E-state index is 15.0. The molecule has 0 saturated heterocycles. The summed E-state index contributed by atoms with van der Waals surface area (Å²) in [5.41, 5.74) is -7.52. The molecule has 31 heteroatoms. The van der Waals surface area contributed by atoms with Crippen LogP contribution in [0.5, 0.6) is 23.0 Å². The topological polar surface area (TPSA) is 112 Å². The maximum Gasteiger partial charge on any atom is 0.461 e. The number of amides is 1. The highest BCUT2D eigenvalue weighted by atomic mass is 35.5. The minimum Gasteiger partial charge on any atom is -0.494 e. The van der Waals surface area contributed by atoms with E-state index in [0.29, 0.717) is 47.5 Å². The molecule has 0 aliphatic carbocycles. The van der Waals surface area contributed by atoms with Gasteiger partial charge in [-0.1, -0.05) is 72.8 Å². The molecule has 0 aliphatic rings. The number of hydrogen-bond donors (Lipinski definition) is 2. The van der Waals surface area contributed by atoms with Crippen LogP contribution in [0, 0.1) is 34.9 Å². The van der Waals surface area contributed by atoms with E-state index in [1.807, 2.05) is 0 Å². The smallest absolute Gasteiger partial charge is 0.461 e. The number of carbonyl (C=O) groups is 2. The van der Waals surface area contributed by atoms with E-state index < -0.39 is 156 Å². The molecule has 0 spiro atoms. The average molecular weight is 1430 g/mol. The molecule has 2 N–H and O–H groups in total. The largest absolute Gasteiger partial charge is 0.494 e. The Morgan fingerprint density at radius 3 is 1.22 bits per heavy atom. The van der Waals surface area contributed by atoms with Crippen LogP contribution in [-0.2, 0) is 47.3 Å². The van der Waals surface area contributed by atoms with E-state index in [4.69, 9.17) is 21.1 Å². The Labute approximate surface area is 546 Å². The Morgan fingerprint density at radius 1 is 0.464 bits per heavy atom. The van der Waals surface area contributed by atoms with Gasteiger partial charge in [0.2, 0.25) is 0 Å². The standard InChI is InChI=1S/C31H21F10NO3.C27H27F6NO3S.C8H3ClF4O/c1-44-26-14-19(8-10-25(26)34)29(16-17-5-3-2-4-6-17,20-12-21(32)15-22(13-20)45-31(40,41)28(35)36)42-27(43)18-7-9-24(33)23(11-18)30(37,38)39;1-25(2,3)38(35)34-26(16-17-8-6-5-7-9-17,18-10-11-22(29)23(14-18)36-4)19-12-20(28)15-21(13-19)37-27(32,33)24(30)31;9-7(14)4-1-2-6(10)5(3-4)8(11,12)13/h2-15,28H,16H2,1H3,(H,42,43);5-15,24,34H,16H2,1-4H3;1-3H/t29-;26-,38-;/m11./s1. The normalized spacial score (nSPS) is 13.6. The fraction of sp³-hybridized carbons (Fsp3) is 0.242. The summed E-state index contributed by atoms with van der Waals surface area (Å²) in [6.07, 6.45) is -28.9. The molecular formula is C66H51ClF20N2O7S. The zero-order chi connectivity index (χ0) is 72.4. The van der Waals surface area contributed by atoms with Crippen molar-refractivity contribution in [1.29, 1.82) is 0 Å². The van der Waals surface area contributed by atoms with E-state index in [2.05, 4.69) is 19.5 Å². The van der Waals surface area contributed by atoms with Gasteiger partial charge in [0, 0.05) is 29.7 Å². The summed E-state index contributed by atoms with van der Waals surface area (Å²) < 4.78 is 303. The van der Waals surface area contributed by atoms with E-state index in [0.717, 1.165) is 61.7 Å². The fourth-order valence-electron chi connectivity index (χ4n) is 9.20. The van der Waals surface area contributed by atoms with Crippen molar-refractivity contribution in [3.8, 4) is 23.0 Å². The van der Waals surface area contributed by atoms with Crippen LogP contribution >= 0.6 is 11.6 Å². The maximum absolute atomic E-state index is 15.0. The molecule has 520 valence electrons. The number of benzene rings is 8. The summed E-state index contributed by atoms with van der Waals surface area (Å²) in [7, 11) is 0.482. The number of methoxy groups -OCH3 is 2. The minimum absolute atomic E-state index is 0.0292. The monoisotopic (exact) mass is 1430 g/mol. The van der Waals surface area contributed by atoms with Gasteiger partial charge in [0.15, 0.2) is 23.1 Å². The summed E-state index contributed by atoms with van der Waals surface area (Å²) in [5, 5.41) is 1.41. The van der Waals surface area contributed by atoms with Gasteiger partial charge in [-0.3, -0.25) is 9.59 Å². The molecule has 0 radical (unpaired) electrons. The third-order valence-corrected chi connectivity index (χ3v) is 15.7. The van der Waals surface area contributed by atoms with Crippen molar-refractivity contribution >= 4 is 33.7 Å². The summed E-state index contributed by atoms with van der Waals surface area (Å²) in [6, 6.07) is 30.8. The van der Waals surface area contributed by atoms with E-state index >= 15 is 4.39 Å². The van der Waals surface area contributed by atoms with Crippen LogP contribution in [0.1, 0.15) is 86.0 Å². The second-order valence-corrected chi connectivity index (χ2v) is 24.0. The first kappa shape index (κ1) is 77.1. The van der Waals surface area contributed by atoms with Crippen molar-refractivity contribution < 1.29 is 121 Å². The molecule has 0 heterocycles. The van der Waals surface area contributed by atoms with Crippen molar-refractivity contribution in [2.45, 2.75) is 86.9 Å². The molecule has 8 rings (SSSR count). The van der Waals surface area contributed by atoms with Crippen molar-refractivity contribution in [3.63, 3.8) is 0 Å². The molecule has 0 aromatic heterocycles. The summed E-state index contributed by atoms with van der Waals surface area (Å²) in [4.78, 5) is 24.2. The molecule has 0 saturated carbocycles. The lowest BCUT2D eigenvalue weighted by atomic mass is 9.77. The highest BCUT2D eigenvalue weighted by Crippen LogP contribution is 2.43. The molecule has 8 aromatic carbocycles. The first-order valence-corrected chi connectivity index (χ1v) is 29.1. The Morgan fingerprint density at radius 2 is 0.835 bits per heavy atom. The zero-order valence-corrected chi connectivity index (χ0v) is 52.0. The van der Waals surface area contributed by atoms with Gasteiger partial charge in [0.25, 0.3) is 11.1 Å². The first-order valence-electron chi connectivity index (χ1n) is 27.6. The molecule has 97 heavy (non-hydrogen) atoms. The third-order valence-electron chi connectivity index (χ3n) is 13.8. The van der Waals surface area contributed by atoms with Gasteiger partial charge >= 0.3 is 37.4 Å². The first-order chi connectivity index (χ1) is 45.0. The molecule has 9 nitrogen and oxygen atoms in total. The predicted molar refractivity (Wildman–Crippen MR) is 315 cm³/mol. The van der Waals surface area contributed by atoms with Crippen LogP contribution in [0.25, 0.3) is 0 Å².